The Morgan fingerprint density at radius 1 is 1.42 bits per heavy atom. The molecule has 1 atom stereocenters. The summed E-state index contributed by atoms with van der Waals surface area (Å²) < 4.78 is 7.41. The van der Waals surface area contributed by atoms with E-state index in [1.165, 1.54) is 11.9 Å². The molecule has 1 saturated heterocycles. The Morgan fingerprint density at radius 3 is 3.08 bits per heavy atom. The minimum absolute atomic E-state index is 0.0837. The van der Waals surface area contributed by atoms with Crippen LogP contribution in [-0.2, 0) is 4.74 Å². The Bertz CT molecular complexity index is 881. The fourth-order valence-corrected chi connectivity index (χ4v) is 4.26. The van der Waals surface area contributed by atoms with Gasteiger partial charge in [0.1, 0.15) is 5.69 Å². The number of carbonyl (C=O) groups is 2. The van der Waals surface area contributed by atoms with Crippen LogP contribution in [0, 0.1) is 0 Å². The molecule has 2 aliphatic rings. The number of ether oxygens (including phenoxy) is 1. The predicted octanol–water partition coefficient (Wildman–Crippen LogP) is 4.39. The molecule has 0 radical (unpaired) electrons. The summed E-state index contributed by atoms with van der Waals surface area (Å²) in [5.41, 5.74) is 2.76. The van der Waals surface area contributed by atoms with Gasteiger partial charge in [-0.15, -0.1) is 0 Å². The van der Waals surface area contributed by atoms with Gasteiger partial charge in [-0.25, -0.2) is 0 Å². The molecule has 1 amide bonds. The average molecular weight is 368 g/mol. The molecule has 0 aliphatic carbocycles. The summed E-state index contributed by atoms with van der Waals surface area (Å²) in [5.74, 6) is -0.103. The molecule has 0 spiro atoms. The zero-order chi connectivity index (χ0) is 18.1. The molecule has 26 heavy (non-hydrogen) atoms. The fourth-order valence-electron chi connectivity index (χ4n) is 3.30. The highest BCUT2D eigenvalue weighted by Gasteiger charge is 2.22. The highest BCUT2D eigenvalue weighted by Crippen LogP contribution is 2.35. The normalized spacial score (nSPS) is 18.6. The van der Waals surface area contributed by atoms with Gasteiger partial charge in [0.15, 0.2) is 5.78 Å². The van der Waals surface area contributed by atoms with Crippen molar-refractivity contribution in [3.63, 3.8) is 0 Å². The number of amides is 1. The van der Waals surface area contributed by atoms with Crippen LogP contribution in [-0.4, -0.2) is 28.4 Å². The lowest BCUT2D eigenvalue weighted by Crippen LogP contribution is -2.13. The molecule has 0 saturated carbocycles. The van der Waals surface area contributed by atoms with E-state index in [9.17, 15) is 9.59 Å². The van der Waals surface area contributed by atoms with E-state index in [1.807, 2.05) is 22.3 Å². The first kappa shape index (κ1) is 17.1. The number of rotatable bonds is 5. The summed E-state index contributed by atoms with van der Waals surface area (Å²) in [4.78, 5) is 25.9. The second-order valence-electron chi connectivity index (χ2n) is 6.54. The number of hydrogen-bond acceptors (Lipinski definition) is 4. The van der Waals surface area contributed by atoms with E-state index in [-0.39, 0.29) is 17.8 Å². The van der Waals surface area contributed by atoms with E-state index in [0.717, 1.165) is 36.3 Å². The third kappa shape index (κ3) is 3.34. The number of aromatic nitrogens is 1. The minimum atomic E-state index is -0.187. The van der Waals surface area contributed by atoms with Gasteiger partial charge in [0, 0.05) is 24.8 Å². The van der Waals surface area contributed by atoms with Gasteiger partial charge in [-0.2, -0.15) is 0 Å². The SMILES string of the molecule is C=Cc1cc2n(c1)Sc1ccc(C(=O)CCC3CCCO3)cc1NC2=O. The van der Waals surface area contributed by atoms with Crippen molar-refractivity contribution in [2.75, 3.05) is 11.9 Å². The first-order chi connectivity index (χ1) is 12.6. The van der Waals surface area contributed by atoms with Crippen molar-refractivity contribution < 1.29 is 14.3 Å². The third-order valence-electron chi connectivity index (χ3n) is 4.74. The van der Waals surface area contributed by atoms with Gasteiger partial charge in [-0.3, -0.25) is 13.6 Å². The van der Waals surface area contributed by atoms with Crippen LogP contribution in [0.25, 0.3) is 6.08 Å². The number of nitrogens with one attached hydrogen (secondary N) is 1. The lowest BCUT2D eigenvalue weighted by Gasteiger charge is -2.10. The van der Waals surface area contributed by atoms with Crippen molar-refractivity contribution in [1.29, 1.82) is 0 Å². The minimum Gasteiger partial charge on any atom is -0.378 e. The number of anilines is 1. The maximum absolute atomic E-state index is 12.5. The number of hydrogen-bond donors (Lipinski definition) is 1. The van der Waals surface area contributed by atoms with Crippen molar-refractivity contribution in [2.45, 2.75) is 36.7 Å². The lowest BCUT2D eigenvalue weighted by atomic mass is 10.0. The van der Waals surface area contributed by atoms with E-state index in [0.29, 0.717) is 23.4 Å². The number of Topliss-reactive ketones (excluding diaryl/α,β-unsaturated/α-hetero) is 1. The van der Waals surface area contributed by atoms with E-state index >= 15 is 0 Å². The number of carbonyl (C=O) groups excluding carboxylic acids is 2. The van der Waals surface area contributed by atoms with Gasteiger partial charge in [0.05, 0.1) is 16.7 Å². The molecule has 134 valence electrons. The molecule has 2 aromatic rings. The lowest BCUT2D eigenvalue weighted by molar-refractivity contribution is 0.0859. The topological polar surface area (TPSA) is 60.3 Å². The summed E-state index contributed by atoms with van der Waals surface area (Å²) in [6, 6.07) is 7.30. The van der Waals surface area contributed by atoms with Crippen LogP contribution in [0.3, 0.4) is 0 Å². The molecule has 2 aliphatic heterocycles. The van der Waals surface area contributed by atoms with Crippen LogP contribution >= 0.6 is 11.9 Å². The van der Waals surface area contributed by atoms with Crippen molar-refractivity contribution >= 4 is 35.4 Å². The summed E-state index contributed by atoms with van der Waals surface area (Å²) in [5, 5.41) is 2.92. The van der Waals surface area contributed by atoms with Crippen LogP contribution in [0.1, 0.15) is 52.1 Å². The Balaban J connectivity index is 1.53. The maximum Gasteiger partial charge on any atom is 0.273 e. The Labute approximate surface area is 156 Å². The van der Waals surface area contributed by atoms with Gasteiger partial charge >= 0.3 is 0 Å². The summed E-state index contributed by atoms with van der Waals surface area (Å²) in [7, 11) is 0. The third-order valence-corrected chi connectivity index (χ3v) is 5.79. The zero-order valence-electron chi connectivity index (χ0n) is 14.4. The van der Waals surface area contributed by atoms with Gasteiger partial charge in [-0.05, 0) is 55.0 Å². The van der Waals surface area contributed by atoms with Gasteiger partial charge < -0.3 is 10.1 Å². The van der Waals surface area contributed by atoms with Crippen LogP contribution in [0.2, 0.25) is 0 Å². The number of nitrogens with zero attached hydrogens (tertiary/aromatic N) is 1. The van der Waals surface area contributed by atoms with Gasteiger partial charge in [0.2, 0.25) is 0 Å². The summed E-state index contributed by atoms with van der Waals surface area (Å²) in [6.07, 6.45) is 7.14. The monoisotopic (exact) mass is 368 g/mol. The highest BCUT2D eigenvalue weighted by molar-refractivity contribution is 7.98. The second-order valence-corrected chi connectivity index (χ2v) is 7.56. The fraction of sp³-hybridized carbons (Fsp3) is 0.300. The van der Waals surface area contributed by atoms with Crippen LogP contribution in [0.15, 0.2) is 41.9 Å². The Kier molecular flexibility index (Phi) is 4.70. The van der Waals surface area contributed by atoms with Crippen molar-refractivity contribution in [3.05, 3.63) is 53.9 Å². The molecule has 1 aromatic heterocycles. The molecule has 4 rings (SSSR count). The molecule has 5 nitrogen and oxygen atoms in total. The first-order valence-corrected chi connectivity index (χ1v) is 9.55. The molecule has 1 unspecified atom stereocenters. The number of ketones is 1. The molecule has 0 bridgehead atoms. The second kappa shape index (κ2) is 7.13. The molecule has 1 fully saturated rings. The van der Waals surface area contributed by atoms with Crippen LogP contribution in [0.5, 0.6) is 0 Å². The average Bonchev–Trinajstić information content (AvgIpc) is 3.28. The van der Waals surface area contributed by atoms with Gasteiger partial charge in [-0.1, -0.05) is 18.7 Å². The first-order valence-electron chi connectivity index (χ1n) is 8.77. The number of fused-ring (bicyclic) bond motifs is 2. The Morgan fingerprint density at radius 2 is 2.31 bits per heavy atom. The zero-order valence-corrected chi connectivity index (χ0v) is 15.2. The van der Waals surface area contributed by atoms with E-state index < -0.39 is 0 Å². The smallest absolute Gasteiger partial charge is 0.273 e. The maximum atomic E-state index is 12.5. The summed E-state index contributed by atoms with van der Waals surface area (Å²) in [6.45, 7) is 4.54. The van der Waals surface area contributed by atoms with Crippen molar-refractivity contribution in [3.8, 4) is 0 Å². The molecular formula is C20H20N2O3S. The molecule has 6 heteroatoms. The largest absolute Gasteiger partial charge is 0.378 e. The molecule has 1 N–H and O–H groups in total. The number of benzene rings is 1. The molecule has 3 heterocycles. The highest BCUT2D eigenvalue weighted by atomic mass is 32.2. The quantitative estimate of drug-likeness (QED) is 0.795. The standard InChI is InChI=1S/C20H20N2O3S/c1-2-13-10-17-20(24)21-16-11-14(5-8-19(16)26-22(17)12-13)18(23)7-6-15-4-3-9-25-15/h2,5,8,10-12,15H,1,3-4,6-7,9H2,(H,21,24). The van der Waals surface area contributed by atoms with E-state index in [4.69, 9.17) is 4.74 Å². The molecule has 1 aromatic carbocycles. The van der Waals surface area contributed by atoms with E-state index in [2.05, 4.69) is 11.9 Å². The predicted molar refractivity (Wildman–Crippen MR) is 103 cm³/mol. The van der Waals surface area contributed by atoms with Gasteiger partial charge in [0.25, 0.3) is 5.91 Å². The van der Waals surface area contributed by atoms with Crippen molar-refractivity contribution in [1.82, 2.24) is 3.97 Å². The van der Waals surface area contributed by atoms with Crippen molar-refractivity contribution in [2.24, 2.45) is 0 Å². The Hall–Kier alpha value is -2.31. The van der Waals surface area contributed by atoms with Crippen LogP contribution < -0.4 is 5.32 Å². The van der Waals surface area contributed by atoms with Crippen LogP contribution in [0.4, 0.5) is 5.69 Å². The van der Waals surface area contributed by atoms with E-state index in [1.54, 1.807) is 18.2 Å². The molecular weight excluding hydrogens is 348 g/mol. The summed E-state index contributed by atoms with van der Waals surface area (Å²) >= 11 is 1.45.